The summed E-state index contributed by atoms with van der Waals surface area (Å²) >= 11 is 0. The Kier molecular flexibility index (Phi) is 6.49. The van der Waals surface area contributed by atoms with Crippen molar-refractivity contribution in [3.05, 3.63) is 59.2 Å². The number of carbonyl (C=O) groups is 1. The minimum absolute atomic E-state index is 0. The first-order valence-electron chi connectivity index (χ1n) is 9.56. The molecule has 7 heteroatoms. The number of benzene rings is 2. The second-order valence-corrected chi connectivity index (χ2v) is 7.38. The van der Waals surface area contributed by atoms with Crippen LogP contribution in [0, 0.1) is 0 Å². The number of hydrogen-bond donors (Lipinski definition) is 2. The molecule has 0 saturated carbocycles. The van der Waals surface area contributed by atoms with Gasteiger partial charge in [0.2, 0.25) is 0 Å². The van der Waals surface area contributed by atoms with E-state index in [-0.39, 0.29) is 24.2 Å². The van der Waals surface area contributed by atoms with Gasteiger partial charge in [0.05, 0.1) is 25.8 Å². The number of ketones is 1. The number of methoxy groups -OCH3 is 2. The molecule has 29 heavy (non-hydrogen) atoms. The van der Waals surface area contributed by atoms with E-state index in [9.17, 15) is 9.90 Å². The van der Waals surface area contributed by atoms with Crippen LogP contribution in [0.15, 0.2) is 42.5 Å². The Balaban J connectivity index is 0.00000240. The van der Waals surface area contributed by atoms with E-state index in [1.54, 1.807) is 14.2 Å². The van der Waals surface area contributed by atoms with Crippen molar-refractivity contribution < 1.29 is 19.4 Å². The summed E-state index contributed by atoms with van der Waals surface area (Å²) in [6, 6.07) is 14.1. The number of nitrogens with one attached hydrogen (secondary N) is 1. The van der Waals surface area contributed by atoms with E-state index in [2.05, 4.69) is 22.3 Å². The van der Waals surface area contributed by atoms with Crippen molar-refractivity contribution in [3.63, 3.8) is 0 Å². The number of nitrogens with zero attached hydrogens (tertiary/aromatic N) is 1. The third kappa shape index (κ3) is 3.51. The Morgan fingerprint density at radius 2 is 1.90 bits per heavy atom. The van der Waals surface area contributed by atoms with E-state index in [4.69, 9.17) is 9.47 Å². The number of aliphatic hydroxyl groups is 1. The first kappa shape index (κ1) is 21.6. The van der Waals surface area contributed by atoms with Gasteiger partial charge >= 0.3 is 0 Å². The smallest absolute Gasteiger partial charge is 0.179 e. The molecule has 4 rings (SSSR count). The van der Waals surface area contributed by atoms with Gasteiger partial charge in [-0.15, -0.1) is 12.4 Å². The zero-order valence-electron chi connectivity index (χ0n) is 16.7. The summed E-state index contributed by atoms with van der Waals surface area (Å²) in [5.74, 6) is 1.18. The minimum atomic E-state index is -0.778. The predicted octanol–water partition coefficient (Wildman–Crippen LogP) is 1.98. The Bertz CT molecular complexity index is 877. The molecule has 0 radical (unpaired) electrons. The van der Waals surface area contributed by atoms with E-state index < -0.39 is 12.1 Å². The number of piperazine rings is 1. The van der Waals surface area contributed by atoms with Gasteiger partial charge in [0.1, 0.15) is 6.61 Å². The van der Waals surface area contributed by atoms with Gasteiger partial charge in [-0.3, -0.25) is 9.69 Å². The monoisotopic (exact) mass is 418 g/mol. The largest absolute Gasteiger partial charge is 0.493 e. The van der Waals surface area contributed by atoms with E-state index in [1.807, 2.05) is 30.3 Å². The van der Waals surface area contributed by atoms with Crippen LogP contribution in [0.4, 0.5) is 0 Å². The maximum Gasteiger partial charge on any atom is 0.179 e. The molecule has 1 fully saturated rings. The van der Waals surface area contributed by atoms with Crippen molar-refractivity contribution in [3.8, 4) is 11.5 Å². The molecule has 2 atom stereocenters. The van der Waals surface area contributed by atoms with Gasteiger partial charge in [-0.25, -0.2) is 0 Å². The zero-order chi connectivity index (χ0) is 19.7. The molecule has 2 unspecified atom stereocenters. The highest BCUT2D eigenvalue weighted by Crippen LogP contribution is 2.46. The van der Waals surface area contributed by atoms with Crippen LogP contribution in [0.2, 0.25) is 0 Å². The summed E-state index contributed by atoms with van der Waals surface area (Å²) in [5.41, 5.74) is 2.51. The lowest BCUT2D eigenvalue weighted by molar-refractivity contribution is -0.138. The molecule has 6 nitrogen and oxygen atoms in total. The van der Waals surface area contributed by atoms with Gasteiger partial charge in [0.15, 0.2) is 17.3 Å². The maximum atomic E-state index is 13.0. The topological polar surface area (TPSA) is 71.0 Å². The highest BCUT2D eigenvalue weighted by molar-refractivity contribution is 5.91. The lowest BCUT2D eigenvalue weighted by Gasteiger charge is -2.53. The quantitative estimate of drug-likeness (QED) is 0.773. The fraction of sp³-hybridized carbons (Fsp3) is 0.409. The Morgan fingerprint density at radius 3 is 2.55 bits per heavy atom. The predicted molar refractivity (Wildman–Crippen MR) is 113 cm³/mol. The Labute approximate surface area is 177 Å². The SMILES string of the molecule is COc1cc2c(cc1OC)C(c1ccccc1)N1CCNCC1(C(=O)CO)C2.Cl. The van der Waals surface area contributed by atoms with Crippen molar-refractivity contribution in [1.29, 1.82) is 0 Å². The average molecular weight is 419 g/mol. The molecule has 0 spiro atoms. The van der Waals surface area contributed by atoms with Gasteiger partial charge in [0.25, 0.3) is 0 Å². The van der Waals surface area contributed by atoms with E-state index in [0.717, 1.165) is 29.8 Å². The average Bonchev–Trinajstić information content (AvgIpc) is 2.76. The Hall–Kier alpha value is -2.12. The van der Waals surface area contributed by atoms with E-state index in [0.29, 0.717) is 24.5 Å². The fourth-order valence-electron chi connectivity index (χ4n) is 4.68. The summed E-state index contributed by atoms with van der Waals surface area (Å²) in [7, 11) is 3.25. The molecular formula is C22H27ClN2O4. The van der Waals surface area contributed by atoms with E-state index >= 15 is 0 Å². The van der Waals surface area contributed by atoms with Gasteiger partial charge in [-0.1, -0.05) is 30.3 Å². The van der Waals surface area contributed by atoms with Crippen LogP contribution in [-0.2, 0) is 11.2 Å². The van der Waals surface area contributed by atoms with Crippen molar-refractivity contribution in [2.24, 2.45) is 0 Å². The lowest BCUT2D eigenvalue weighted by Crippen LogP contribution is -2.69. The number of hydrogen-bond acceptors (Lipinski definition) is 6. The molecule has 2 aliphatic heterocycles. The third-order valence-corrected chi connectivity index (χ3v) is 6.01. The molecule has 2 aromatic carbocycles. The summed E-state index contributed by atoms with van der Waals surface area (Å²) in [6.07, 6.45) is 0.526. The highest BCUT2D eigenvalue weighted by atomic mass is 35.5. The van der Waals surface area contributed by atoms with Gasteiger partial charge < -0.3 is 19.9 Å². The number of halogens is 1. The second-order valence-electron chi connectivity index (χ2n) is 7.38. The van der Waals surface area contributed by atoms with Crippen molar-refractivity contribution in [1.82, 2.24) is 10.2 Å². The second kappa shape index (κ2) is 8.71. The molecule has 0 amide bonds. The summed E-state index contributed by atoms with van der Waals surface area (Å²) in [4.78, 5) is 15.3. The number of rotatable bonds is 5. The molecule has 2 aliphatic rings. The van der Waals surface area contributed by atoms with Crippen LogP contribution in [0.3, 0.4) is 0 Å². The fourth-order valence-corrected chi connectivity index (χ4v) is 4.68. The van der Waals surface area contributed by atoms with Gasteiger partial charge in [0, 0.05) is 19.6 Å². The molecule has 2 aromatic rings. The van der Waals surface area contributed by atoms with Gasteiger partial charge in [-0.2, -0.15) is 0 Å². The van der Waals surface area contributed by atoms with Crippen molar-refractivity contribution >= 4 is 18.2 Å². The normalized spacial score (nSPS) is 23.3. The van der Waals surface area contributed by atoms with Crippen LogP contribution in [-0.4, -0.2) is 61.8 Å². The van der Waals surface area contributed by atoms with Crippen molar-refractivity contribution in [2.75, 3.05) is 40.5 Å². The standard InChI is InChI=1S/C22H26N2O4.ClH/c1-27-18-10-16-12-22(20(26)13-25)14-23-8-9-24(22)21(15-6-4-3-5-7-15)17(16)11-19(18)28-2;/h3-7,10-11,21,23,25H,8-9,12-14H2,1-2H3;1H. The minimum Gasteiger partial charge on any atom is -0.493 e. The maximum absolute atomic E-state index is 13.0. The summed E-state index contributed by atoms with van der Waals surface area (Å²) < 4.78 is 11.1. The molecular weight excluding hydrogens is 392 g/mol. The lowest BCUT2D eigenvalue weighted by atomic mass is 9.74. The number of fused-ring (bicyclic) bond motifs is 2. The molecule has 156 valence electrons. The van der Waals surface area contributed by atoms with Crippen LogP contribution < -0.4 is 14.8 Å². The van der Waals surface area contributed by atoms with Crippen LogP contribution in [0.1, 0.15) is 22.7 Å². The molecule has 2 N–H and O–H groups in total. The van der Waals surface area contributed by atoms with Crippen LogP contribution in [0.25, 0.3) is 0 Å². The number of carbonyl (C=O) groups excluding carboxylic acids is 1. The third-order valence-electron chi connectivity index (χ3n) is 6.01. The molecule has 1 saturated heterocycles. The number of aliphatic hydroxyl groups excluding tert-OH is 1. The molecule has 2 heterocycles. The highest BCUT2D eigenvalue weighted by Gasteiger charge is 2.52. The molecule has 0 aromatic heterocycles. The summed E-state index contributed by atoms with van der Waals surface area (Å²) in [6.45, 7) is 1.57. The van der Waals surface area contributed by atoms with Gasteiger partial charge in [-0.05, 0) is 35.2 Å². The zero-order valence-corrected chi connectivity index (χ0v) is 17.5. The van der Waals surface area contributed by atoms with Crippen LogP contribution in [0.5, 0.6) is 11.5 Å². The van der Waals surface area contributed by atoms with Crippen molar-refractivity contribution in [2.45, 2.75) is 18.0 Å². The Morgan fingerprint density at radius 1 is 1.21 bits per heavy atom. The van der Waals surface area contributed by atoms with Crippen LogP contribution >= 0.6 is 12.4 Å². The first-order chi connectivity index (χ1) is 13.6. The summed E-state index contributed by atoms with van der Waals surface area (Å²) in [5, 5.41) is 13.1. The number of ether oxygens (including phenoxy) is 2. The molecule has 0 bridgehead atoms. The molecule has 0 aliphatic carbocycles. The van der Waals surface area contributed by atoms with E-state index in [1.165, 1.54) is 0 Å². The first-order valence-corrected chi connectivity index (χ1v) is 9.56. The number of Topliss-reactive ketones (excluding diaryl/α,β-unsaturated/α-hetero) is 1.